The van der Waals surface area contributed by atoms with Crippen molar-refractivity contribution in [2.45, 2.75) is 11.2 Å². The molecule has 0 amide bonds. The van der Waals surface area contributed by atoms with Crippen molar-refractivity contribution in [1.29, 1.82) is 0 Å². The Labute approximate surface area is 111 Å². The molecule has 0 atom stereocenters. The van der Waals surface area contributed by atoms with Crippen molar-refractivity contribution >= 4 is 29.6 Å². The molecule has 1 aromatic rings. The first-order valence-electron chi connectivity index (χ1n) is 4.60. The summed E-state index contributed by atoms with van der Waals surface area (Å²) in [7, 11) is -3.26. The highest BCUT2D eigenvalue weighted by molar-refractivity contribution is 8.14. The minimum Gasteiger partial charge on any atom is -0.244 e. The molecule has 1 aromatic heterocycles. The molecule has 0 N–H and O–H groups in total. The summed E-state index contributed by atoms with van der Waals surface area (Å²) in [5, 5.41) is -0.638. The van der Waals surface area contributed by atoms with Crippen LogP contribution in [0.2, 0.25) is 0 Å². The van der Waals surface area contributed by atoms with E-state index in [9.17, 15) is 30.0 Å². The number of pyridine rings is 1. The Morgan fingerprint density at radius 2 is 1.68 bits per heavy atom. The molecule has 0 unspecified atom stereocenters. The summed E-state index contributed by atoms with van der Waals surface area (Å²) < 4.78 is 81.1. The number of halogens is 4. The number of alkyl halides is 3. The van der Waals surface area contributed by atoms with Crippen LogP contribution in [-0.4, -0.2) is 33.3 Å². The Hall–Kier alpha value is -0.870. The summed E-state index contributed by atoms with van der Waals surface area (Å²) in [5.74, 6) is -1.70. The van der Waals surface area contributed by atoms with E-state index in [1.165, 1.54) is 0 Å². The molecular weight excluding hydrogens is 331 g/mol. The van der Waals surface area contributed by atoms with Gasteiger partial charge in [0.25, 0.3) is 0 Å². The fourth-order valence-electron chi connectivity index (χ4n) is 1.05. The van der Waals surface area contributed by atoms with Crippen LogP contribution in [-0.2, 0) is 25.1 Å². The van der Waals surface area contributed by atoms with Crippen molar-refractivity contribution in [3.63, 3.8) is 0 Å². The third kappa shape index (κ3) is 4.96. The van der Waals surface area contributed by atoms with Crippen molar-refractivity contribution in [3.05, 3.63) is 23.9 Å². The summed E-state index contributed by atoms with van der Waals surface area (Å²) in [6, 6.07) is 1.22. The number of sulfone groups is 1. The molecule has 0 saturated heterocycles. The van der Waals surface area contributed by atoms with E-state index in [0.29, 0.717) is 18.3 Å². The van der Waals surface area contributed by atoms with Gasteiger partial charge in [-0.15, -0.1) is 0 Å². The van der Waals surface area contributed by atoms with Crippen molar-refractivity contribution in [1.82, 2.24) is 4.98 Å². The van der Waals surface area contributed by atoms with Crippen LogP contribution in [0.4, 0.5) is 13.2 Å². The average Bonchev–Trinajstić information content (AvgIpc) is 2.25. The zero-order valence-electron chi connectivity index (χ0n) is 9.05. The number of nitrogens with zero attached hydrogens (tertiary/aromatic N) is 1. The van der Waals surface area contributed by atoms with Gasteiger partial charge in [0.15, 0.2) is 14.9 Å². The van der Waals surface area contributed by atoms with E-state index in [4.69, 9.17) is 10.7 Å². The smallest absolute Gasteiger partial charge is 0.244 e. The van der Waals surface area contributed by atoms with Crippen LogP contribution < -0.4 is 0 Å². The molecule has 0 spiro atoms. The summed E-state index contributed by atoms with van der Waals surface area (Å²) >= 11 is 0. The van der Waals surface area contributed by atoms with Gasteiger partial charge in [-0.3, -0.25) is 0 Å². The third-order valence-corrected chi connectivity index (χ3v) is 5.01. The van der Waals surface area contributed by atoms with Crippen LogP contribution in [0.5, 0.6) is 0 Å². The first kappa shape index (κ1) is 16.2. The SMILES string of the molecule is O=S(=O)(Cl)CCS(=O)(=O)c1ccc(C(F)(F)F)cn1. The number of hydrogen-bond acceptors (Lipinski definition) is 5. The van der Waals surface area contributed by atoms with E-state index < -0.39 is 47.2 Å². The minimum absolute atomic E-state index is 0.363. The Morgan fingerprint density at radius 3 is 2.05 bits per heavy atom. The highest BCUT2D eigenvalue weighted by Gasteiger charge is 2.31. The lowest BCUT2D eigenvalue weighted by Crippen LogP contribution is -2.16. The van der Waals surface area contributed by atoms with Gasteiger partial charge in [0.2, 0.25) is 9.05 Å². The van der Waals surface area contributed by atoms with Crippen LogP contribution in [0.15, 0.2) is 23.4 Å². The van der Waals surface area contributed by atoms with Crippen LogP contribution >= 0.6 is 10.7 Å². The lowest BCUT2D eigenvalue weighted by atomic mass is 10.3. The maximum absolute atomic E-state index is 12.2. The van der Waals surface area contributed by atoms with E-state index in [1.807, 2.05) is 0 Å². The standard InChI is InChI=1S/C8H7ClF3NO4S2/c9-19(16,17)4-3-18(14,15)7-2-1-6(5-13-7)8(10,11)12/h1-2,5H,3-4H2. The maximum atomic E-state index is 12.2. The van der Waals surface area contributed by atoms with Gasteiger partial charge in [-0.25, -0.2) is 21.8 Å². The second-order valence-corrected chi connectivity index (χ2v) is 8.40. The number of hydrogen-bond donors (Lipinski definition) is 0. The van der Waals surface area contributed by atoms with E-state index in [2.05, 4.69) is 4.98 Å². The lowest BCUT2D eigenvalue weighted by Gasteiger charge is -2.07. The number of rotatable bonds is 4. The summed E-state index contributed by atoms with van der Waals surface area (Å²) in [4.78, 5) is 3.17. The van der Waals surface area contributed by atoms with Gasteiger partial charge in [-0.05, 0) is 12.1 Å². The molecule has 0 radical (unpaired) electrons. The Morgan fingerprint density at radius 1 is 1.11 bits per heavy atom. The minimum atomic E-state index is -4.63. The van der Waals surface area contributed by atoms with Gasteiger partial charge in [0.1, 0.15) is 0 Å². The zero-order chi connectivity index (χ0) is 14.9. The molecule has 19 heavy (non-hydrogen) atoms. The van der Waals surface area contributed by atoms with Crippen molar-refractivity contribution in [2.75, 3.05) is 11.5 Å². The van der Waals surface area contributed by atoms with Gasteiger partial charge in [-0.1, -0.05) is 0 Å². The van der Waals surface area contributed by atoms with Gasteiger partial charge < -0.3 is 0 Å². The van der Waals surface area contributed by atoms with Gasteiger partial charge in [0, 0.05) is 16.9 Å². The van der Waals surface area contributed by atoms with Crippen molar-refractivity contribution < 1.29 is 30.0 Å². The quantitative estimate of drug-likeness (QED) is 0.777. The fourth-order valence-corrected chi connectivity index (χ4v) is 3.98. The lowest BCUT2D eigenvalue weighted by molar-refractivity contribution is -0.137. The monoisotopic (exact) mass is 337 g/mol. The molecular formula is C8H7ClF3NO4S2. The largest absolute Gasteiger partial charge is 0.417 e. The van der Waals surface area contributed by atoms with Crippen molar-refractivity contribution in [3.8, 4) is 0 Å². The zero-order valence-corrected chi connectivity index (χ0v) is 11.4. The first-order chi connectivity index (χ1) is 8.42. The van der Waals surface area contributed by atoms with Crippen LogP contribution in [0, 0.1) is 0 Å². The molecule has 0 saturated carbocycles. The molecule has 0 fully saturated rings. The second-order valence-electron chi connectivity index (χ2n) is 3.44. The van der Waals surface area contributed by atoms with Crippen molar-refractivity contribution in [2.24, 2.45) is 0 Å². The number of aromatic nitrogens is 1. The molecule has 108 valence electrons. The normalized spacial score (nSPS) is 13.5. The van der Waals surface area contributed by atoms with Gasteiger partial charge in [-0.2, -0.15) is 13.2 Å². The third-order valence-electron chi connectivity index (χ3n) is 1.98. The summed E-state index contributed by atoms with van der Waals surface area (Å²) in [6.45, 7) is 0. The summed E-state index contributed by atoms with van der Waals surface area (Å²) in [5.41, 5.74) is -1.10. The maximum Gasteiger partial charge on any atom is 0.417 e. The average molecular weight is 338 g/mol. The van der Waals surface area contributed by atoms with Crippen LogP contribution in [0.1, 0.15) is 5.56 Å². The van der Waals surface area contributed by atoms with Gasteiger partial charge >= 0.3 is 6.18 Å². The molecule has 0 aliphatic heterocycles. The molecule has 11 heteroatoms. The van der Waals surface area contributed by atoms with E-state index in [0.717, 1.165) is 0 Å². The van der Waals surface area contributed by atoms with E-state index in [1.54, 1.807) is 0 Å². The Balaban J connectivity index is 2.98. The topological polar surface area (TPSA) is 81.2 Å². The molecule has 0 aromatic carbocycles. The van der Waals surface area contributed by atoms with Crippen LogP contribution in [0.25, 0.3) is 0 Å². The molecule has 0 aliphatic rings. The highest BCUT2D eigenvalue weighted by atomic mass is 35.7. The fraction of sp³-hybridized carbons (Fsp3) is 0.375. The second kappa shape index (κ2) is 5.25. The summed E-state index contributed by atoms with van der Waals surface area (Å²) in [6.07, 6.45) is -4.27. The first-order valence-corrected chi connectivity index (χ1v) is 8.73. The van der Waals surface area contributed by atoms with Gasteiger partial charge in [0.05, 0.1) is 17.1 Å². The van der Waals surface area contributed by atoms with E-state index in [-0.39, 0.29) is 0 Å². The Kier molecular flexibility index (Phi) is 4.47. The molecule has 0 bridgehead atoms. The molecule has 0 aliphatic carbocycles. The molecule has 1 rings (SSSR count). The molecule has 5 nitrogen and oxygen atoms in total. The van der Waals surface area contributed by atoms with Crippen LogP contribution in [0.3, 0.4) is 0 Å². The predicted octanol–water partition coefficient (Wildman–Crippen LogP) is 1.44. The highest BCUT2D eigenvalue weighted by Crippen LogP contribution is 2.28. The predicted molar refractivity (Wildman–Crippen MR) is 60.9 cm³/mol. The molecule has 1 heterocycles. The van der Waals surface area contributed by atoms with E-state index >= 15 is 0 Å². The Bertz CT molecular complexity index is 652.